The molecule has 3 heteroatoms. The van der Waals surface area contributed by atoms with E-state index in [4.69, 9.17) is 4.74 Å². The van der Waals surface area contributed by atoms with E-state index in [0.717, 1.165) is 37.7 Å². The van der Waals surface area contributed by atoms with E-state index in [2.05, 4.69) is 24.0 Å². The monoisotopic (exact) mass is 287 g/mol. The summed E-state index contributed by atoms with van der Waals surface area (Å²) in [6.07, 6.45) is 5.49. The van der Waals surface area contributed by atoms with Gasteiger partial charge in [0.2, 0.25) is 5.91 Å². The normalized spacial score (nSPS) is 29.4. The number of hydrogen-bond acceptors (Lipinski definition) is 2. The number of methoxy groups -OCH3 is 1. The van der Waals surface area contributed by atoms with Gasteiger partial charge in [-0.25, -0.2) is 0 Å². The highest BCUT2D eigenvalue weighted by molar-refractivity contribution is 5.84. The van der Waals surface area contributed by atoms with Crippen LogP contribution in [0, 0.1) is 0 Å². The first-order valence-corrected chi connectivity index (χ1v) is 8.14. The average Bonchev–Trinajstić information content (AvgIpc) is 2.79. The molecule has 0 N–H and O–H groups in total. The third-order valence-corrected chi connectivity index (χ3v) is 5.19. The smallest absolute Gasteiger partial charge is 0.230 e. The van der Waals surface area contributed by atoms with Crippen molar-refractivity contribution < 1.29 is 9.53 Å². The number of rotatable bonds is 4. The summed E-state index contributed by atoms with van der Waals surface area (Å²) in [4.78, 5) is 15.3. The van der Waals surface area contributed by atoms with Crippen LogP contribution >= 0.6 is 0 Å². The maximum Gasteiger partial charge on any atom is 0.230 e. The fourth-order valence-electron chi connectivity index (χ4n) is 4.10. The maximum atomic E-state index is 13.1. The summed E-state index contributed by atoms with van der Waals surface area (Å²) in [5, 5.41) is 0. The van der Waals surface area contributed by atoms with Gasteiger partial charge < -0.3 is 9.64 Å². The van der Waals surface area contributed by atoms with Crippen LogP contribution in [0.15, 0.2) is 30.3 Å². The fourth-order valence-corrected chi connectivity index (χ4v) is 4.10. The van der Waals surface area contributed by atoms with Gasteiger partial charge >= 0.3 is 0 Å². The summed E-state index contributed by atoms with van der Waals surface area (Å²) < 4.78 is 5.53. The van der Waals surface area contributed by atoms with Gasteiger partial charge in [-0.3, -0.25) is 4.79 Å². The highest BCUT2D eigenvalue weighted by Gasteiger charge is 2.44. The lowest BCUT2D eigenvalue weighted by Crippen LogP contribution is -2.50. The Morgan fingerprint density at radius 3 is 2.38 bits per heavy atom. The molecule has 2 aliphatic heterocycles. The second kappa shape index (κ2) is 6.18. The zero-order chi connectivity index (χ0) is 14.8. The quantitative estimate of drug-likeness (QED) is 0.850. The first-order valence-electron chi connectivity index (χ1n) is 8.14. The van der Waals surface area contributed by atoms with Crippen molar-refractivity contribution in [1.82, 2.24) is 4.90 Å². The molecule has 0 spiro atoms. The Morgan fingerprint density at radius 1 is 1.24 bits per heavy atom. The summed E-state index contributed by atoms with van der Waals surface area (Å²) in [5.41, 5.74) is 1.15. The van der Waals surface area contributed by atoms with Crippen molar-refractivity contribution in [3.63, 3.8) is 0 Å². The van der Waals surface area contributed by atoms with Crippen LogP contribution in [0.3, 0.4) is 0 Å². The van der Waals surface area contributed by atoms with E-state index >= 15 is 0 Å². The number of nitrogens with zero attached hydrogens (tertiary/aromatic N) is 1. The van der Waals surface area contributed by atoms with Gasteiger partial charge in [-0.15, -0.1) is 0 Å². The SMILES string of the molecule is CC[C@H](C(=O)N1[C@H]2CC[C@H]1CC(OC)C2)c1ccccc1. The summed E-state index contributed by atoms with van der Waals surface area (Å²) in [5.74, 6) is 0.333. The first kappa shape index (κ1) is 14.6. The minimum atomic E-state index is 0.00777. The summed E-state index contributed by atoms with van der Waals surface area (Å²) >= 11 is 0. The number of benzene rings is 1. The van der Waals surface area contributed by atoms with E-state index in [-0.39, 0.29) is 5.92 Å². The first-order chi connectivity index (χ1) is 10.2. The third-order valence-electron chi connectivity index (χ3n) is 5.19. The molecule has 0 saturated carbocycles. The van der Waals surface area contributed by atoms with Crippen LogP contribution in [-0.2, 0) is 9.53 Å². The Morgan fingerprint density at radius 2 is 1.86 bits per heavy atom. The van der Waals surface area contributed by atoms with Crippen molar-refractivity contribution in [1.29, 1.82) is 0 Å². The van der Waals surface area contributed by atoms with Crippen LogP contribution in [0.25, 0.3) is 0 Å². The van der Waals surface area contributed by atoms with Crippen LogP contribution in [0.2, 0.25) is 0 Å². The molecule has 1 aromatic carbocycles. The molecule has 114 valence electrons. The number of fused-ring (bicyclic) bond motifs is 2. The van der Waals surface area contributed by atoms with E-state index < -0.39 is 0 Å². The number of carbonyl (C=O) groups excluding carboxylic acids is 1. The second-order valence-corrected chi connectivity index (χ2v) is 6.33. The van der Waals surface area contributed by atoms with Gasteiger partial charge in [0, 0.05) is 19.2 Å². The average molecular weight is 287 g/mol. The molecule has 0 aliphatic carbocycles. The van der Waals surface area contributed by atoms with Crippen LogP contribution < -0.4 is 0 Å². The lowest BCUT2D eigenvalue weighted by Gasteiger charge is -2.40. The molecule has 2 bridgehead atoms. The van der Waals surface area contributed by atoms with E-state index in [0.29, 0.717) is 24.1 Å². The highest BCUT2D eigenvalue weighted by atomic mass is 16.5. The molecule has 2 aliphatic rings. The molecule has 2 fully saturated rings. The minimum absolute atomic E-state index is 0.00777. The number of carbonyl (C=O) groups is 1. The number of ether oxygens (including phenoxy) is 1. The van der Waals surface area contributed by atoms with Crippen LogP contribution in [0.1, 0.15) is 50.5 Å². The van der Waals surface area contributed by atoms with E-state index in [9.17, 15) is 4.79 Å². The van der Waals surface area contributed by atoms with Gasteiger partial charge in [-0.05, 0) is 37.7 Å². The summed E-state index contributed by atoms with van der Waals surface area (Å²) in [7, 11) is 1.79. The molecule has 0 unspecified atom stereocenters. The molecule has 21 heavy (non-hydrogen) atoms. The molecule has 2 saturated heterocycles. The van der Waals surface area contributed by atoms with E-state index in [1.165, 1.54) is 0 Å². The van der Waals surface area contributed by atoms with Crippen molar-refractivity contribution in [2.24, 2.45) is 0 Å². The Labute approximate surface area is 127 Å². The van der Waals surface area contributed by atoms with Crippen molar-refractivity contribution in [3.8, 4) is 0 Å². The number of piperidine rings is 1. The van der Waals surface area contributed by atoms with Gasteiger partial charge in [0.05, 0.1) is 12.0 Å². The van der Waals surface area contributed by atoms with E-state index in [1.54, 1.807) is 7.11 Å². The molecule has 2 heterocycles. The minimum Gasteiger partial charge on any atom is -0.381 e. The zero-order valence-electron chi connectivity index (χ0n) is 13.0. The summed E-state index contributed by atoms with van der Waals surface area (Å²) in [6.45, 7) is 2.11. The Kier molecular flexibility index (Phi) is 4.29. The Balaban J connectivity index is 1.79. The molecule has 1 amide bonds. The van der Waals surface area contributed by atoms with E-state index in [1.807, 2.05) is 18.2 Å². The highest BCUT2D eigenvalue weighted by Crippen LogP contribution is 2.39. The van der Waals surface area contributed by atoms with Crippen molar-refractivity contribution in [2.75, 3.05) is 7.11 Å². The van der Waals surface area contributed by atoms with Crippen molar-refractivity contribution in [2.45, 2.75) is 63.1 Å². The Hall–Kier alpha value is -1.35. The lowest BCUT2D eigenvalue weighted by atomic mass is 9.91. The van der Waals surface area contributed by atoms with Gasteiger partial charge in [0.1, 0.15) is 0 Å². The van der Waals surface area contributed by atoms with Crippen LogP contribution in [0.4, 0.5) is 0 Å². The molecule has 0 aromatic heterocycles. The van der Waals surface area contributed by atoms with Gasteiger partial charge in [0.15, 0.2) is 0 Å². The molecular formula is C18H25NO2. The van der Waals surface area contributed by atoms with Crippen molar-refractivity contribution >= 4 is 5.91 Å². The summed E-state index contributed by atoms with van der Waals surface area (Å²) in [6, 6.07) is 11.0. The number of hydrogen-bond donors (Lipinski definition) is 0. The molecule has 0 radical (unpaired) electrons. The predicted octanol–water partition coefficient (Wildman–Crippen LogP) is 3.35. The molecule has 3 rings (SSSR count). The lowest BCUT2D eigenvalue weighted by molar-refractivity contribution is -0.139. The predicted molar refractivity (Wildman–Crippen MR) is 83.2 cm³/mol. The Bertz CT molecular complexity index is 473. The third kappa shape index (κ3) is 2.71. The molecule has 3 nitrogen and oxygen atoms in total. The van der Waals surface area contributed by atoms with Crippen molar-refractivity contribution in [3.05, 3.63) is 35.9 Å². The zero-order valence-corrected chi connectivity index (χ0v) is 13.0. The molecular weight excluding hydrogens is 262 g/mol. The topological polar surface area (TPSA) is 29.5 Å². The van der Waals surface area contributed by atoms with Crippen LogP contribution in [-0.4, -0.2) is 36.1 Å². The fraction of sp³-hybridized carbons (Fsp3) is 0.611. The number of amides is 1. The molecule has 3 atom stereocenters. The maximum absolute atomic E-state index is 13.1. The van der Waals surface area contributed by atoms with Crippen LogP contribution in [0.5, 0.6) is 0 Å². The largest absolute Gasteiger partial charge is 0.381 e. The van der Waals surface area contributed by atoms with Gasteiger partial charge in [-0.1, -0.05) is 37.3 Å². The second-order valence-electron chi connectivity index (χ2n) is 6.33. The van der Waals surface area contributed by atoms with Gasteiger partial charge in [0.25, 0.3) is 0 Å². The standard InChI is InChI=1S/C18H25NO2/c1-3-17(13-7-5-4-6-8-13)18(20)19-14-9-10-15(19)12-16(11-14)21-2/h4-8,14-17H,3,9-12H2,1-2H3/t14-,15-,17-/m0/s1. The molecule has 1 aromatic rings. The van der Waals surface area contributed by atoms with Gasteiger partial charge in [-0.2, -0.15) is 0 Å².